The molecule has 1 aromatic rings. The Morgan fingerprint density at radius 1 is 1.08 bits per heavy atom. The quantitative estimate of drug-likeness (QED) is 0.872. The Morgan fingerprint density at radius 2 is 1.71 bits per heavy atom. The van der Waals surface area contributed by atoms with Gasteiger partial charge in [0, 0.05) is 24.8 Å². The molecule has 0 atom stereocenters. The minimum absolute atomic E-state index is 0.192. The van der Waals surface area contributed by atoms with Crippen molar-refractivity contribution >= 4 is 15.9 Å². The van der Waals surface area contributed by atoms with Gasteiger partial charge in [0.05, 0.1) is 0 Å². The minimum atomic E-state index is -3.54. The molecular weight excluding hydrogens is 326 g/mol. The summed E-state index contributed by atoms with van der Waals surface area (Å²) >= 11 is 0. The van der Waals surface area contributed by atoms with Gasteiger partial charge in [-0.15, -0.1) is 0 Å². The fourth-order valence-electron chi connectivity index (χ4n) is 3.91. The van der Waals surface area contributed by atoms with Crippen molar-refractivity contribution in [3.05, 3.63) is 17.0 Å². The van der Waals surface area contributed by atoms with Crippen molar-refractivity contribution in [1.82, 2.24) is 14.6 Å². The first-order chi connectivity index (χ1) is 11.4. The maximum absolute atomic E-state index is 13.0. The molecule has 2 N–H and O–H groups in total. The third kappa shape index (κ3) is 3.24. The summed E-state index contributed by atoms with van der Waals surface area (Å²) in [5.41, 5.74) is 1.47. The molecule has 0 radical (unpaired) electrons. The van der Waals surface area contributed by atoms with Crippen molar-refractivity contribution in [3.8, 4) is 0 Å². The van der Waals surface area contributed by atoms with Crippen LogP contribution in [0.5, 0.6) is 0 Å². The van der Waals surface area contributed by atoms with E-state index in [1.165, 1.54) is 0 Å². The maximum atomic E-state index is 13.0. The normalized spacial score (nSPS) is 20.4. The van der Waals surface area contributed by atoms with E-state index in [1.807, 2.05) is 0 Å². The van der Waals surface area contributed by atoms with E-state index in [1.54, 1.807) is 18.2 Å². The van der Waals surface area contributed by atoms with E-state index in [9.17, 15) is 13.2 Å². The summed E-state index contributed by atoms with van der Waals surface area (Å²) < 4.78 is 27.5. The van der Waals surface area contributed by atoms with Crippen LogP contribution in [0.15, 0.2) is 4.90 Å². The van der Waals surface area contributed by atoms with Gasteiger partial charge in [0.25, 0.3) is 5.91 Å². The summed E-state index contributed by atoms with van der Waals surface area (Å²) in [6, 6.07) is 0.211. The molecule has 3 rings (SSSR count). The molecule has 2 heterocycles. The van der Waals surface area contributed by atoms with Crippen molar-refractivity contribution in [2.24, 2.45) is 0 Å². The number of amides is 1. The van der Waals surface area contributed by atoms with E-state index in [0.717, 1.165) is 44.9 Å². The Morgan fingerprint density at radius 3 is 2.33 bits per heavy atom. The van der Waals surface area contributed by atoms with Gasteiger partial charge >= 0.3 is 0 Å². The Labute approximate surface area is 144 Å². The van der Waals surface area contributed by atoms with Crippen molar-refractivity contribution in [2.75, 3.05) is 13.1 Å². The van der Waals surface area contributed by atoms with Gasteiger partial charge in [0.15, 0.2) is 0 Å². The molecule has 2 fully saturated rings. The second-order valence-electron chi connectivity index (χ2n) is 7.00. The summed E-state index contributed by atoms with van der Waals surface area (Å²) in [4.78, 5) is 15.8. The Balaban J connectivity index is 1.86. The number of carbonyl (C=O) groups is 1. The molecule has 0 unspecified atom stereocenters. The first kappa shape index (κ1) is 17.5. The molecule has 24 heavy (non-hydrogen) atoms. The number of aromatic amines is 1. The number of hydrogen-bond acceptors (Lipinski definition) is 3. The molecular formula is C17H27N3O3S. The first-order valence-corrected chi connectivity index (χ1v) is 10.4. The van der Waals surface area contributed by atoms with E-state index >= 15 is 0 Å². The second-order valence-corrected chi connectivity index (χ2v) is 8.87. The number of carbonyl (C=O) groups excluding carboxylic acids is 1. The predicted molar refractivity (Wildman–Crippen MR) is 92.6 cm³/mol. The van der Waals surface area contributed by atoms with Crippen molar-refractivity contribution in [3.63, 3.8) is 0 Å². The van der Waals surface area contributed by atoms with Gasteiger partial charge in [-0.3, -0.25) is 4.79 Å². The largest absolute Gasteiger partial charge is 0.353 e. The number of nitrogens with zero attached hydrogens (tertiary/aromatic N) is 1. The molecule has 2 aliphatic rings. The Hall–Kier alpha value is -1.34. The lowest BCUT2D eigenvalue weighted by atomic mass is 10.2. The van der Waals surface area contributed by atoms with Gasteiger partial charge in [-0.1, -0.05) is 19.3 Å². The third-order valence-corrected chi connectivity index (χ3v) is 7.37. The molecule has 134 valence electrons. The average molecular weight is 353 g/mol. The zero-order chi connectivity index (χ0) is 17.3. The lowest BCUT2D eigenvalue weighted by Crippen LogP contribution is -2.36. The fourth-order valence-corrected chi connectivity index (χ4v) is 5.83. The van der Waals surface area contributed by atoms with E-state index in [-0.39, 0.29) is 16.8 Å². The highest BCUT2D eigenvalue weighted by molar-refractivity contribution is 7.89. The number of hydrogen-bond donors (Lipinski definition) is 2. The molecule has 0 aromatic carbocycles. The van der Waals surface area contributed by atoms with Gasteiger partial charge in [0.1, 0.15) is 10.6 Å². The Kier molecular flexibility index (Phi) is 5.01. The second kappa shape index (κ2) is 6.88. The van der Waals surface area contributed by atoms with E-state index in [4.69, 9.17) is 0 Å². The van der Waals surface area contributed by atoms with Crippen LogP contribution >= 0.6 is 0 Å². The molecule has 1 amide bonds. The molecule has 0 bridgehead atoms. The van der Waals surface area contributed by atoms with Crippen LogP contribution in [0.1, 0.15) is 66.7 Å². The number of nitrogens with one attached hydrogen (secondary N) is 2. The smallest absolute Gasteiger partial charge is 0.268 e. The highest BCUT2D eigenvalue weighted by Crippen LogP contribution is 2.28. The number of aromatic nitrogens is 1. The van der Waals surface area contributed by atoms with Gasteiger partial charge < -0.3 is 10.3 Å². The van der Waals surface area contributed by atoms with Crippen LogP contribution in [0.2, 0.25) is 0 Å². The molecule has 1 saturated carbocycles. The number of sulfonamides is 1. The summed E-state index contributed by atoms with van der Waals surface area (Å²) in [7, 11) is -3.54. The molecule has 1 saturated heterocycles. The molecule has 6 nitrogen and oxygen atoms in total. The average Bonchev–Trinajstić information content (AvgIpc) is 3.16. The maximum Gasteiger partial charge on any atom is 0.268 e. The van der Waals surface area contributed by atoms with E-state index < -0.39 is 10.0 Å². The summed E-state index contributed by atoms with van der Waals surface area (Å²) in [6.07, 6.45) is 7.16. The lowest BCUT2D eigenvalue weighted by molar-refractivity contribution is 0.0932. The first-order valence-electron chi connectivity index (χ1n) is 8.91. The SMILES string of the molecule is Cc1[nH]c(C(=O)NC2CCCC2)c(C)c1S(=O)(=O)N1CCCCC1. The monoisotopic (exact) mass is 353 g/mol. The van der Waals surface area contributed by atoms with Gasteiger partial charge in [-0.25, -0.2) is 8.42 Å². The van der Waals surface area contributed by atoms with Crippen LogP contribution in [0.4, 0.5) is 0 Å². The molecule has 0 spiro atoms. The van der Waals surface area contributed by atoms with Gasteiger partial charge in [0.2, 0.25) is 10.0 Å². The topological polar surface area (TPSA) is 82.3 Å². The number of piperidine rings is 1. The van der Waals surface area contributed by atoms with Crippen LogP contribution in [0.3, 0.4) is 0 Å². The number of rotatable bonds is 4. The standard InChI is InChI=1S/C17H27N3O3S/c1-12-15(17(21)19-14-8-4-5-9-14)18-13(2)16(12)24(22,23)20-10-6-3-7-11-20/h14,18H,3-11H2,1-2H3,(H,19,21). The van der Waals surface area contributed by atoms with Crippen LogP contribution in [0.25, 0.3) is 0 Å². The zero-order valence-electron chi connectivity index (χ0n) is 14.5. The van der Waals surface area contributed by atoms with E-state index in [0.29, 0.717) is 30.0 Å². The summed E-state index contributed by atoms with van der Waals surface area (Å²) in [5, 5.41) is 3.03. The molecule has 7 heteroatoms. The van der Waals surface area contributed by atoms with Crippen LogP contribution < -0.4 is 5.32 Å². The van der Waals surface area contributed by atoms with Gasteiger partial charge in [-0.2, -0.15) is 4.31 Å². The van der Waals surface area contributed by atoms with Crippen molar-refractivity contribution in [1.29, 1.82) is 0 Å². The van der Waals surface area contributed by atoms with Crippen LogP contribution in [-0.4, -0.2) is 42.7 Å². The lowest BCUT2D eigenvalue weighted by Gasteiger charge is -2.26. The Bertz CT molecular complexity index is 712. The minimum Gasteiger partial charge on any atom is -0.353 e. The molecule has 1 aliphatic carbocycles. The summed E-state index contributed by atoms with van der Waals surface area (Å²) in [5.74, 6) is -0.192. The zero-order valence-corrected chi connectivity index (χ0v) is 15.3. The number of H-pyrrole nitrogens is 1. The highest BCUT2D eigenvalue weighted by atomic mass is 32.2. The molecule has 1 aliphatic heterocycles. The highest BCUT2D eigenvalue weighted by Gasteiger charge is 2.32. The third-order valence-electron chi connectivity index (χ3n) is 5.20. The molecule has 1 aromatic heterocycles. The predicted octanol–water partition coefficient (Wildman–Crippen LogP) is 2.48. The van der Waals surface area contributed by atoms with Crippen LogP contribution in [-0.2, 0) is 10.0 Å². The van der Waals surface area contributed by atoms with E-state index in [2.05, 4.69) is 10.3 Å². The number of aryl methyl sites for hydroxylation is 1. The van der Waals surface area contributed by atoms with Crippen LogP contribution in [0, 0.1) is 13.8 Å². The van der Waals surface area contributed by atoms with Crippen molar-refractivity contribution < 1.29 is 13.2 Å². The van der Waals surface area contributed by atoms with Gasteiger partial charge in [-0.05, 0) is 45.1 Å². The summed E-state index contributed by atoms with van der Waals surface area (Å²) in [6.45, 7) is 4.59. The fraction of sp³-hybridized carbons (Fsp3) is 0.706. The van der Waals surface area contributed by atoms with Crippen molar-refractivity contribution in [2.45, 2.75) is 69.7 Å².